The fraction of sp³-hybridized carbons (Fsp3) is 0.600. The number of aryl methyl sites for hydroxylation is 1. The minimum absolute atomic E-state index is 0.141. The van der Waals surface area contributed by atoms with E-state index in [1.807, 2.05) is 24.5 Å². The van der Waals surface area contributed by atoms with E-state index in [9.17, 15) is 4.79 Å². The lowest BCUT2D eigenvalue weighted by atomic mass is 10.1. The molecule has 0 aromatic carbocycles. The van der Waals surface area contributed by atoms with Gasteiger partial charge in [-0.05, 0) is 19.4 Å². The highest BCUT2D eigenvalue weighted by atomic mass is 16.1. The Morgan fingerprint density at radius 2 is 1.88 bits per heavy atom. The predicted molar refractivity (Wildman–Crippen MR) is 70.0 cm³/mol. The Labute approximate surface area is 105 Å². The summed E-state index contributed by atoms with van der Waals surface area (Å²) in [4.78, 5) is 11.2. The summed E-state index contributed by atoms with van der Waals surface area (Å²) < 4.78 is 2.12. The summed E-state index contributed by atoms with van der Waals surface area (Å²) in [5, 5.41) is 0. The molecular weight excluding hydrogens is 210 g/mol. The van der Waals surface area contributed by atoms with E-state index in [1.54, 1.807) is 6.92 Å². The van der Waals surface area contributed by atoms with Crippen molar-refractivity contribution in [2.75, 3.05) is 0 Å². The molecule has 0 N–H and O–H groups in total. The third-order valence-electron chi connectivity index (χ3n) is 3.03. The van der Waals surface area contributed by atoms with E-state index in [0.29, 0.717) is 0 Å². The molecule has 0 radical (unpaired) electrons. The van der Waals surface area contributed by atoms with Gasteiger partial charge >= 0.3 is 0 Å². The van der Waals surface area contributed by atoms with Crippen LogP contribution in [0.4, 0.5) is 0 Å². The van der Waals surface area contributed by atoms with Crippen LogP contribution in [0.2, 0.25) is 0 Å². The lowest BCUT2D eigenvalue weighted by Crippen LogP contribution is -2.33. The molecule has 1 aromatic rings. The largest absolute Gasteiger partial charge is 0.294 e. The molecule has 0 spiro atoms. The Hall–Kier alpha value is -1.18. The molecule has 1 heterocycles. The number of ketones is 1. The van der Waals surface area contributed by atoms with Crippen LogP contribution in [0, 0.1) is 0 Å². The van der Waals surface area contributed by atoms with Gasteiger partial charge in [0.2, 0.25) is 0 Å². The van der Waals surface area contributed by atoms with Crippen molar-refractivity contribution in [3.8, 4) is 0 Å². The maximum atomic E-state index is 11.2. The van der Waals surface area contributed by atoms with Crippen molar-refractivity contribution in [1.82, 2.24) is 0 Å². The molecule has 0 atom stereocenters. The summed E-state index contributed by atoms with van der Waals surface area (Å²) >= 11 is 0. The van der Waals surface area contributed by atoms with Crippen molar-refractivity contribution in [1.29, 1.82) is 0 Å². The minimum Gasteiger partial charge on any atom is -0.294 e. The Morgan fingerprint density at radius 3 is 2.59 bits per heavy atom. The van der Waals surface area contributed by atoms with Crippen LogP contribution < -0.4 is 4.57 Å². The zero-order valence-corrected chi connectivity index (χ0v) is 11.1. The van der Waals surface area contributed by atoms with Crippen LogP contribution in [0.15, 0.2) is 24.5 Å². The number of pyridine rings is 1. The van der Waals surface area contributed by atoms with Gasteiger partial charge in [0.15, 0.2) is 18.2 Å². The van der Waals surface area contributed by atoms with Crippen LogP contribution in [0.5, 0.6) is 0 Å². The van der Waals surface area contributed by atoms with Crippen molar-refractivity contribution in [2.24, 2.45) is 0 Å². The molecule has 94 valence electrons. The molecule has 1 rings (SSSR count). The Kier molecular flexibility index (Phi) is 6.53. The van der Waals surface area contributed by atoms with Crippen molar-refractivity contribution in [3.63, 3.8) is 0 Å². The van der Waals surface area contributed by atoms with E-state index in [2.05, 4.69) is 11.5 Å². The summed E-state index contributed by atoms with van der Waals surface area (Å²) in [5.74, 6) is 0.141. The Morgan fingerprint density at radius 1 is 1.18 bits per heavy atom. The molecule has 0 bridgehead atoms. The second-order valence-corrected chi connectivity index (χ2v) is 4.65. The quantitative estimate of drug-likeness (QED) is 0.383. The number of carbonyl (C=O) groups excluding carboxylic acids is 1. The smallest absolute Gasteiger partial charge is 0.179 e. The second kappa shape index (κ2) is 7.99. The number of unbranched alkanes of at least 4 members (excludes halogenated alkanes) is 5. The molecule has 0 saturated carbocycles. The Bertz CT molecular complexity index is 347. The van der Waals surface area contributed by atoms with Crippen LogP contribution in [0.25, 0.3) is 0 Å². The van der Waals surface area contributed by atoms with Gasteiger partial charge < -0.3 is 0 Å². The van der Waals surface area contributed by atoms with Gasteiger partial charge in [-0.15, -0.1) is 0 Å². The number of rotatable bonds is 8. The van der Waals surface area contributed by atoms with Crippen LogP contribution in [-0.2, 0) is 6.54 Å². The summed E-state index contributed by atoms with van der Waals surface area (Å²) in [7, 11) is 0. The fourth-order valence-corrected chi connectivity index (χ4v) is 1.94. The maximum Gasteiger partial charge on any atom is 0.179 e. The molecule has 17 heavy (non-hydrogen) atoms. The van der Waals surface area contributed by atoms with E-state index < -0.39 is 0 Å². The molecular formula is C15H24NO+. The summed E-state index contributed by atoms with van der Waals surface area (Å²) in [6.45, 7) is 4.88. The third-order valence-corrected chi connectivity index (χ3v) is 3.03. The highest BCUT2D eigenvalue weighted by Gasteiger charge is 2.05. The summed E-state index contributed by atoms with van der Waals surface area (Å²) in [6, 6.07) is 3.83. The number of Topliss-reactive ketones (excluding diaryl/α,β-unsaturated/α-hetero) is 1. The standard InChI is InChI=1S/C15H24NO/c1-3-4-5-6-7-8-11-16-12-9-10-15(13-16)14(2)17/h9-10,12-13H,3-8,11H2,1-2H3/q+1. The first kappa shape index (κ1) is 13.9. The number of carbonyl (C=O) groups is 1. The normalized spacial score (nSPS) is 10.5. The first-order valence-corrected chi connectivity index (χ1v) is 6.74. The summed E-state index contributed by atoms with van der Waals surface area (Å²) in [6.07, 6.45) is 11.8. The van der Waals surface area contributed by atoms with Crippen LogP contribution in [0.3, 0.4) is 0 Å². The van der Waals surface area contributed by atoms with Gasteiger partial charge in [-0.1, -0.05) is 32.6 Å². The highest BCUT2D eigenvalue weighted by molar-refractivity contribution is 5.93. The lowest BCUT2D eigenvalue weighted by Gasteiger charge is -2.00. The van der Waals surface area contributed by atoms with Gasteiger partial charge in [-0.2, -0.15) is 0 Å². The van der Waals surface area contributed by atoms with Crippen molar-refractivity contribution in [2.45, 2.75) is 58.9 Å². The van der Waals surface area contributed by atoms with Crippen LogP contribution in [-0.4, -0.2) is 5.78 Å². The van der Waals surface area contributed by atoms with Crippen LogP contribution in [0.1, 0.15) is 62.7 Å². The molecule has 0 saturated heterocycles. The van der Waals surface area contributed by atoms with Gasteiger partial charge in [0.25, 0.3) is 0 Å². The SMILES string of the molecule is CCCCCCCC[n+]1cccc(C(C)=O)c1. The molecule has 0 amide bonds. The number of aromatic nitrogens is 1. The van der Waals surface area contributed by atoms with Gasteiger partial charge in [0.1, 0.15) is 6.54 Å². The van der Waals surface area contributed by atoms with Crippen LogP contribution >= 0.6 is 0 Å². The average molecular weight is 234 g/mol. The van der Waals surface area contributed by atoms with Gasteiger partial charge in [0, 0.05) is 12.5 Å². The van der Waals surface area contributed by atoms with Gasteiger partial charge in [-0.25, -0.2) is 4.57 Å². The molecule has 0 aliphatic heterocycles. The zero-order valence-electron chi connectivity index (χ0n) is 11.1. The third kappa shape index (κ3) is 5.62. The molecule has 0 aliphatic rings. The molecule has 2 nitrogen and oxygen atoms in total. The first-order chi connectivity index (χ1) is 8.24. The van der Waals surface area contributed by atoms with E-state index in [4.69, 9.17) is 0 Å². The topological polar surface area (TPSA) is 20.9 Å². The minimum atomic E-state index is 0.141. The zero-order chi connectivity index (χ0) is 12.5. The second-order valence-electron chi connectivity index (χ2n) is 4.65. The molecule has 0 unspecified atom stereocenters. The van der Waals surface area contributed by atoms with Crippen molar-refractivity contribution >= 4 is 5.78 Å². The molecule has 0 aliphatic carbocycles. The lowest BCUT2D eigenvalue weighted by molar-refractivity contribution is -0.697. The van der Waals surface area contributed by atoms with Crippen molar-refractivity contribution in [3.05, 3.63) is 30.1 Å². The fourth-order valence-electron chi connectivity index (χ4n) is 1.94. The maximum absolute atomic E-state index is 11.2. The van der Waals surface area contributed by atoms with Gasteiger partial charge in [-0.3, -0.25) is 4.79 Å². The first-order valence-electron chi connectivity index (χ1n) is 6.74. The number of hydrogen-bond donors (Lipinski definition) is 0. The highest BCUT2D eigenvalue weighted by Crippen LogP contribution is 2.04. The molecule has 1 aromatic heterocycles. The van der Waals surface area contributed by atoms with Gasteiger partial charge in [0.05, 0.1) is 5.56 Å². The van der Waals surface area contributed by atoms with E-state index >= 15 is 0 Å². The van der Waals surface area contributed by atoms with E-state index in [1.165, 1.54) is 38.5 Å². The van der Waals surface area contributed by atoms with E-state index in [-0.39, 0.29) is 5.78 Å². The van der Waals surface area contributed by atoms with E-state index in [0.717, 1.165) is 12.1 Å². The summed E-state index contributed by atoms with van der Waals surface area (Å²) in [5.41, 5.74) is 0.804. The molecule has 2 heteroatoms. The predicted octanol–water partition coefficient (Wildman–Crippen LogP) is 3.54. The molecule has 0 fully saturated rings. The number of nitrogens with zero attached hydrogens (tertiary/aromatic N) is 1. The monoisotopic (exact) mass is 234 g/mol. The average Bonchev–Trinajstić information content (AvgIpc) is 2.34. The Balaban J connectivity index is 2.27. The number of hydrogen-bond acceptors (Lipinski definition) is 1. The van der Waals surface area contributed by atoms with Crippen molar-refractivity contribution < 1.29 is 9.36 Å².